The van der Waals surface area contributed by atoms with Gasteiger partial charge in [0.05, 0.1) is 0 Å². The van der Waals surface area contributed by atoms with Crippen LogP contribution < -0.4 is 5.32 Å². The Morgan fingerprint density at radius 3 is 2.88 bits per heavy atom. The van der Waals surface area contributed by atoms with E-state index in [1.165, 1.54) is 6.08 Å². The minimum absolute atomic E-state index is 0.0502. The first-order valence-corrected chi connectivity index (χ1v) is 5.42. The Hall–Kier alpha value is -1.16. The van der Waals surface area contributed by atoms with E-state index in [1.807, 2.05) is 19.9 Å². The van der Waals surface area contributed by atoms with Crippen LogP contribution in [0.3, 0.4) is 0 Å². The lowest BCUT2D eigenvalue weighted by Crippen LogP contribution is -2.38. The Morgan fingerprint density at radius 2 is 2.38 bits per heavy atom. The van der Waals surface area contributed by atoms with E-state index in [2.05, 4.69) is 5.32 Å². The van der Waals surface area contributed by atoms with E-state index in [-0.39, 0.29) is 17.8 Å². The molecule has 0 amide bonds. The van der Waals surface area contributed by atoms with E-state index >= 15 is 0 Å². The molecule has 1 aliphatic rings. The number of halogens is 1. The minimum Gasteiger partial charge on any atom is -0.458 e. The Balaban J connectivity index is 2.89. The molecule has 0 fully saturated rings. The fourth-order valence-corrected chi connectivity index (χ4v) is 1.86. The van der Waals surface area contributed by atoms with Crippen LogP contribution in [-0.4, -0.2) is 25.7 Å². The lowest BCUT2D eigenvalue weighted by molar-refractivity contribution is -0.132. The first-order valence-electron chi connectivity index (χ1n) is 5.42. The van der Waals surface area contributed by atoms with E-state index in [1.54, 1.807) is 7.05 Å². The van der Waals surface area contributed by atoms with Crippen molar-refractivity contribution in [1.29, 1.82) is 0 Å². The quantitative estimate of drug-likeness (QED) is 0.730. The summed E-state index contributed by atoms with van der Waals surface area (Å²) in [6.07, 6.45) is 3.40. The van der Waals surface area contributed by atoms with Gasteiger partial charge in [0.25, 0.3) is 6.47 Å². The molecule has 1 aliphatic carbocycles. The molecule has 0 saturated heterocycles. The third kappa shape index (κ3) is 3.17. The zero-order chi connectivity index (χ0) is 12.1. The van der Waals surface area contributed by atoms with Crippen LogP contribution in [0.25, 0.3) is 0 Å². The molecule has 3 atom stereocenters. The van der Waals surface area contributed by atoms with Crippen molar-refractivity contribution in [2.24, 2.45) is 5.92 Å². The molecule has 0 spiro atoms. The number of likely N-dealkylation sites (N-methyl/N-ethyl adjacent to an activating group) is 1. The fraction of sp³-hybridized carbons (Fsp3) is 0.583. The first kappa shape index (κ1) is 12.9. The molecule has 1 N–H and O–H groups in total. The molecule has 0 radical (unpaired) electrons. The molecule has 0 bridgehead atoms. The van der Waals surface area contributed by atoms with Crippen LogP contribution in [0, 0.1) is 5.92 Å². The lowest BCUT2D eigenvalue weighted by Gasteiger charge is -2.26. The van der Waals surface area contributed by atoms with Crippen molar-refractivity contribution in [3.8, 4) is 0 Å². The predicted molar refractivity (Wildman–Crippen MR) is 60.5 cm³/mol. The maximum atomic E-state index is 13.3. The average molecular weight is 227 g/mol. The molecule has 0 aromatic rings. The summed E-state index contributed by atoms with van der Waals surface area (Å²) in [5.41, 5.74) is 0.727. The molecule has 0 aliphatic heterocycles. The van der Waals surface area contributed by atoms with Gasteiger partial charge in [0.15, 0.2) is 0 Å². The number of hydrogen-bond acceptors (Lipinski definition) is 3. The summed E-state index contributed by atoms with van der Waals surface area (Å²) in [6.45, 7) is 4.24. The predicted octanol–water partition coefficient (Wildman–Crippen LogP) is 1.96. The van der Waals surface area contributed by atoms with Gasteiger partial charge in [-0.05, 0) is 31.5 Å². The third-order valence-electron chi connectivity index (χ3n) is 2.76. The van der Waals surface area contributed by atoms with Crippen molar-refractivity contribution >= 4 is 6.47 Å². The first-order chi connectivity index (χ1) is 7.58. The van der Waals surface area contributed by atoms with Crippen LogP contribution in [0.15, 0.2) is 23.6 Å². The standard InChI is InChI=1S/C12H18FNO2/c1-8-4-10(6-11(13)5-8)12(16-7-15)9(2)14-3/h4,6-9,12,14H,5H2,1-3H3. The van der Waals surface area contributed by atoms with Crippen LogP contribution in [0.5, 0.6) is 0 Å². The van der Waals surface area contributed by atoms with Gasteiger partial charge in [-0.25, -0.2) is 4.39 Å². The number of nitrogens with one attached hydrogen (secondary N) is 1. The van der Waals surface area contributed by atoms with Gasteiger partial charge in [0.1, 0.15) is 11.9 Å². The maximum Gasteiger partial charge on any atom is 0.293 e. The zero-order valence-electron chi connectivity index (χ0n) is 9.87. The molecular formula is C12H18FNO2. The molecule has 0 heterocycles. The highest BCUT2D eigenvalue weighted by molar-refractivity contribution is 5.41. The summed E-state index contributed by atoms with van der Waals surface area (Å²) < 4.78 is 18.3. The SMILES string of the molecule is CNC(C)C(OC=O)C1=CC(C)CC(F)=C1. The van der Waals surface area contributed by atoms with E-state index in [0.29, 0.717) is 12.9 Å². The second kappa shape index (κ2) is 5.80. The molecule has 16 heavy (non-hydrogen) atoms. The maximum absolute atomic E-state index is 13.3. The lowest BCUT2D eigenvalue weighted by atomic mass is 9.92. The van der Waals surface area contributed by atoms with Gasteiger partial charge in [0, 0.05) is 12.5 Å². The average Bonchev–Trinajstić information content (AvgIpc) is 2.23. The largest absolute Gasteiger partial charge is 0.458 e. The number of carbonyl (C=O) groups is 1. The molecular weight excluding hydrogens is 209 g/mol. The van der Waals surface area contributed by atoms with E-state index in [4.69, 9.17) is 4.74 Å². The van der Waals surface area contributed by atoms with Crippen molar-refractivity contribution in [3.63, 3.8) is 0 Å². The number of hydrogen-bond donors (Lipinski definition) is 1. The molecule has 3 unspecified atom stereocenters. The van der Waals surface area contributed by atoms with Crippen LogP contribution in [0.1, 0.15) is 20.3 Å². The summed E-state index contributed by atoms with van der Waals surface area (Å²) in [7, 11) is 1.78. The summed E-state index contributed by atoms with van der Waals surface area (Å²) in [6, 6.07) is -0.0502. The van der Waals surface area contributed by atoms with Crippen LogP contribution in [-0.2, 0) is 9.53 Å². The van der Waals surface area contributed by atoms with Gasteiger partial charge in [-0.2, -0.15) is 0 Å². The summed E-state index contributed by atoms with van der Waals surface area (Å²) in [5.74, 6) is -0.0189. The van der Waals surface area contributed by atoms with Crippen LogP contribution in [0.2, 0.25) is 0 Å². The van der Waals surface area contributed by atoms with Gasteiger partial charge in [-0.3, -0.25) is 4.79 Å². The van der Waals surface area contributed by atoms with Crippen LogP contribution >= 0.6 is 0 Å². The normalized spacial score (nSPS) is 24.1. The topological polar surface area (TPSA) is 38.3 Å². The highest BCUT2D eigenvalue weighted by atomic mass is 19.1. The van der Waals surface area contributed by atoms with Crippen molar-refractivity contribution in [2.45, 2.75) is 32.4 Å². The van der Waals surface area contributed by atoms with Crippen molar-refractivity contribution in [2.75, 3.05) is 7.05 Å². The molecule has 4 heteroatoms. The van der Waals surface area contributed by atoms with Crippen molar-refractivity contribution in [1.82, 2.24) is 5.32 Å². The van der Waals surface area contributed by atoms with E-state index < -0.39 is 6.10 Å². The molecule has 0 aromatic carbocycles. The highest BCUT2D eigenvalue weighted by Gasteiger charge is 2.24. The smallest absolute Gasteiger partial charge is 0.293 e. The van der Waals surface area contributed by atoms with Gasteiger partial charge in [-0.15, -0.1) is 0 Å². The number of rotatable bonds is 5. The molecule has 1 rings (SSSR count). The van der Waals surface area contributed by atoms with Gasteiger partial charge >= 0.3 is 0 Å². The Bertz CT molecular complexity index is 312. The number of allylic oxidation sites excluding steroid dienone is 2. The Kier molecular flexibility index (Phi) is 4.68. The third-order valence-corrected chi connectivity index (χ3v) is 2.76. The second-order valence-corrected chi connectivity index (χ2v) is 4.17. The van der Waals surface area contributed by atoms with Gasteiger partial charge in [-0.1, -0.05) is 13.0 Å². The number of carbonyl (C=O) groups excluding carboxylic acids is 1. The molecule has 0 saturated carbocycles. The van der Waals surface area contributed by atoms with E-state index in [9.17, 15) is 9.18 Å². The zero-order valence-corrected chi connectivity index (χ0v) is 9.87. The fourth-order valence-electron chi connectivity index (χ4n) is 1.86. The second-order valence-electron chi connectivity index (χ2n) is 4.17. The summed E-state index contributed by atoms with van der Waals surface area (Å²) >= 11 is 0. The molecule has 3 nitrogen and oxygen atoms in total. The Labute approximate surface area is 95.4 Å². The molecule has 90 valence electrons. The van der Waals surface area contributed by atoms with Gasteiger partial charge in [0.2, 0.25) is 0 Å². The van der Waals surface area contributed by atoms with Gasteiger partial charge < -0.3 is 10.1 Å². The summed E-state index contributed by atoms with van der Waals surface area (Å²) in [5, 5.41) is 3.00. The van der Waals surface area contributed by atoms with Crippen LogP contribution in [0.4, 0.5) is 4.39 Å². The number of ether oxygens (including phenoxy) is 1. The highest BCUT2D eigenvalue weighted by Crippen LogP contribution is 2.26. The van der Waals surface area contributed by atoms with E-state index in [0.717, 1.165) is 5.57 Å². The minimum atomic E-state index is -0.434. The summed E-state index contributed by atoms with van der Waals surface area (Å²) in [4.78, 5) is 10.4. The Morgan fingerprint density at radius 1 is 1.69 bits per heavy atom. The van der Waals surface area contributed by atoms with Crippen molar-refractivity contribution in [3.05, 3.63) is 23.6 Å². The monoisotopic (exact) mass is 227 g/mol. The molecule has 0 aromatic heterocycles. The van der Waals surface area contributed by atoms with Crippen molar-refractivity contribution < 1.29 is 13.9 Å².